The Kier molecular flexibility index (Phi) is 6.67. The van der Waals surface area contributed by atoms with Gasteiger partial charge in [0, 0.05) is 0 Å². The summed E-state index contributed by atoms with van der Waals surface area (Å²) in [6, 6.07) is 8.46. The Labute approximate surface area is 122 Å². The molecule has 1 aromatic rings. The predicted molar refractivity (Wildman–Crippen MR) is 74.6 cm³/mol. The van der Waals surface area contributed by atoms with E-state index in [-0.39, 0.29) is 6.61 Å². The van der Waals surface area contributed by atoms with Crippen LogP contribution in [0.5, 0.6) is 0 Å². The van der Waals surface area contributed by atoms with Crippen molar-refractivity contribution in [1.29, 1.82) is 0 Å². The van der Waals surface area contributed by atoms with E-state index in [9.17, 15) is 9.59 Å². The molecular weight excluding hydrogens is 289 g/mol. The van der Waals surface area contributed by atoms with Gasteiger partial charge in [-0.1, -0.05) is 53.5 Å². The lowest BCUT2D eigenvalue weighted by atomic mass is 10.0. The van der Waals surface area contributed by atoms with Crippen LogP contribution in [0.3, 0.4) is 0 Å². The summed E-state index contributed by atoms with van der Waals surface area (Å²) < 4.78 is 4.75. The average molecular weight is 304 g/mol. The molecular formula is C13H15Cl2NO3. The van der Waals surface area contributed by atoms with Crippen LogP contribution in [-0.2, 0) is 16.0 Å². The van der Waals surface area contributed by atoms with Crippen LogP contribution in [-0.4, -0.2) is 29.4 Å². The highest BCUT2D eigenvalue weighted by Gasteiger charge is 2.26. The molecule has 19 heavy (non-hydrogen) atoms. The lowest BCUT2D eigenvalue weighted by Gasteiger charge is -2.17. The molecule has 0 spiro atoms. The number of hydrogen-bond donors (Lipinski definition) is 1. The highest BCUT2D eigenvalue weighted by molar-refractivity contribution is 6.54. The van der Waals surface area contributed by atoms with E-state index in [0.29, 0.717) is 6.42 Å². The molecule has 1 amide bonds. The first-order chi connectivity index (χ1) is 9.04. The summed E-state index contributed by atoms with van der Waals surface area (Å²) >= 11 is 11.1. The minimum absolute atomic E-state index is 0.225. The fourth-order valence-corrected chi connectivity index (χ4v) is 1.84. The normalized spacial score (nSPS) is 12.0. The van der Waals surface area contributed by atoms with E-state index < -0.39 is 22.8 Å². The van der Waals surface area contributed by atoms with Gasteiger partial charge in [-0.25, -0.2) is 4.79 Å². The van der Waals surface area contributed by atoms with E-state index in [4.69, 9.17) is 27.9 Å². The van der Waals surface area contributed by atoms with Gasteiger partial charge in [-0.15, -0.1) is 0 Å². The van der Waals surface area contributed by atoms with Crippen molar-refractivity contribution >= 4 is 35.1 Å². The van der Waals surface area contributed by atoms with Gasteiger partial charge in [-0.2, -0.15) is 0 Å². The van der Waals surface area contributed by atoms with Gasteiger partial charge in [0.05, 0.1) is 12.6 Å². The van der Waals surface area contributed by atoms with Crippen molar-refractivity contribution in [2.45, 2.75) is 24.2 Å². The van der Waals surface area contributed by atoms with Crippen molar-refractivity contribution in [3.63, 3.8) is 0 Å². The van der Waals surface area contributed by atoms with E-state index in [1.54, 1.807) is 6.92 Å². The first kappa shape index (κ1) is 15.8. The minimum atomic E-state index is -1.18. The Balaban J connectivity index is 2.75. The molecule has 1 unspecified atom stereocenters. The van der Waals surface area contributed by atoms with Crippen molar-refractivity contribution in [3.05, 3.63) is 35.9 Å². The lowest BCUT2D eigenvalue weighted by Crippen LogP contribution is -2.44. The number of alkyl halides is 2. The highest BCUT2D eigenvalue weighted by atomic mass is 35.5. The number of Topliss-reactive ketones (excluding diaryl/α,β-unsaturated/α-hetero) is 1. The number of benzene rings is 1. The van der Waals surface area contributed by atoms with Crippen LogP contribution < -0.4 is 5.32 Å². The number of hydrogen-bond acceptors (Lipinski definition) is 3. The number of carbonyl (C=O) groups is 2. The fourth-order valence-electron chi connectivity index (χ4n) is 1.54. The van der Waals surface area contributed by atoms with Crippen LogP contribution in [0, 0.1) is 0 Å². The summed E-state index contributed by atoms with van der Waals surface area (Å²) in [6.45, 7) is 1.91. The molecule has 0 saturated carbocycles. The van der Waals surface area contributed by atoms with Crippen LogP contribution in [0.2, 0.25) is 0 Å². The van der Waals surface area contributed by atoms with E-state index in [0.717, 1.165) is 5.56 Å². The smallest absolute Gasteiger partial charge is 0.407 e. The standard InChI is InChI=1S/C13H15Cl2NO3/c1-2-19-13(18)16-10(11(17)12(14)15)8-9-6-4-3-5-7-9/h3-7,10,12H,2,8H2,1H3,(H,16,18). The van der Waals surface area contributed by atoms with Crippen molar-refractivity contribution in [1.82, 2.24) is 5.32 Å². The lowest BCUT2D eigenvalue weighted by molar-refractivity contribution is -0.119. The van der Waals surface area contributed by atoms with Gasteiger partial charge >= 0.3 is 6.09 Å². The quantitative estimate of drug-likeness (QED) is 0.822. The Bertz CT molecular complexity index is 423. The van der Waals surface area contributed by atoms with Crippen molar-refractivity contribution < 1.29 is 14.3 Å². The van der Waals surface area contributed by atoms with Gasteiger partial charge in [0.2, 0.25) is 0 Å². The van der Waals surface area contributed by atoms with Crippen LogP contribution in [0.25, 0.3) is 0 Å². The van der Waals surface area contributed by atoms with E-state index in [1.165, 1.54) is 0 Å². The zero-order chi connectivity index (χ0) is 14.3. The van der Waals surface area contributed by atoms with Crippen LogP contribution in [0.15, 0.2) is 30.3 Å². The monoisotopic (exact) mass is 303 g/mol. The molecule has 0 aliphatic rings. The summed E-state index contributed by atoms with van der Waals surface area (Å²) in [5.41, 5.74) is 0.895. The second kappa shape index (κ2) is 8.02. The molecule has 1 atom stereocenters. The zero-order valence-electron chi connectivity index (χ0n) is 10.4. The van der Waals surface area contributed by atoms with Gasteiger partial charge in [-0.05, 0) is 18.9 Å². The highest BCUT2D eigenvalue weighted by Crippen LogP contribution is 2.11. The van der Waals surface area contributed by atoms with E-state index >= 15 is 0 Å². The molecule has 104 valence electrons. The van der Waals surface area contributed by atoms with Crippen LogP contribution in [0.4, 0.5) is 4.79 Å². The summed E-state index contributed by atoms with van der Waals surface area (Å²) in [4.78, 5) is 22.1. The Hall–Kier alpha value is -1.26. The largest absolute Gasteiger partial charge is 0.450 e. The Morgan fingerprint density at radius 3 is 2.42 bits per heavy atom. The number of halogens is 2. The Morgan fingerprint density at radius 1 is 1.26 bits per heavy atom. The van der Waals surface area contributed by atoms with Gasteiger partial charge in [0.1, 0.15) is 0 Å². The van der Waals surface area contributed by atoms with Gasteiger partial charge < -0.3 is 10.1 Å². The molecule has 1 N–H and O–H groups in total. The molecule has 0 aromatic heterocycles. The Morgan fingerprint density at radius 2 is 1.89 bits per heavy atom. The van der Waals surface area contributed by atoms with Crippen LogP contribution >= 0.6 is 23.2 Å². The molecule has 6 heteroatoms. The zero-order valence-corrected chi connectivity index (χ0v) is 11.9. The van der Waals surface area contributed by atoms with E-state index in [1.807, 2.05) is 30.3 Å². The number of carbonyl (C=O) groups excluding carboxylic acids is 2. The van der Waals surface area contributed by atoms with Crippen molar-refractivity contribution in [2.24, 2.45) is 0 Å². The number of ether oxygens (including phenoxy) is 1. The number of amides is 1. The molecule has 0 radical (unpaired) electrons. The summed E-state index contributed by atoms with van der Waals surface area (Å²) in [7, 11) is 0. The average Bonchev–Trinajstić information content (AvgIpc) is 2.38. The minimum Gasteiger partial charge on any atom is -0.450 e. The van der Waals surface area contributed by atoms with Gasteiger partial charge in [0.25, 0.3) is 0 Å². The third-order valence-electron chi connectivity index (χ3n) is 2.41. The van der Waals surface area contributed by atoms with Gasteiger partial charge in [-0.3, -0.25) is 4.79 Å². The summed E-state index contributed by atoms with van der Waals surface area (Å²) in [6.07, 6.45) is -0.347. The maximum atomic E-state index is 11.9. The molecule has 0 bridgehead atoms. The molecule has 0 aliphatic carbocycles. The molecule has 0 aliphatic heterocycles. The SMILES string of the molecule is CCOC(=O)NC(Cc1ccccc1)C(=O)C(Cl)Cl. The third kappa shape index (κ3) is 5.49. The van der Waals surface area contributed by atoms with Crippen molar-refractivity contribution in [2.75, 3.05) is 6.61 Å². The first-order valence-corrected chi connectivity index (χ1v) is 6.71. The molecule has 0 saturated heterocycles. The molecule has 1 rings (SSSR count). The van der Waals surface area contributed by atoms with E-state index in [2.05, 4.69) is 5.32 Å². The molecule has 4 nitrogen and oxygen atoms in total. The number of nitrogens with one attached hydrogen (secondary N) is 1. The maximum absolute atomic E-state index is 11.9. The first-order valence-electron chi connectivity index (χ1n) is 5.83. The van der Waals surface area contributed by atoms with Crippen LogP contribution in [0.1, 0.15) is 12.5 Å². The number of ketones is 1. The molecule has 0 heterocycles. The second-order valence-corrected chi connectivity index (χ2v) is 4.91. The van der Waals surface area contributed by atoms with Crippen molar-refractivity contribution in [3.8, 4) is 0 Å². The van der Waals surface area contributed by atoms with Gasteiger partial charge in [0.15, 0.2) is 10.6 Å². The predicted octanol–water partition coefficient (Wildman–Crippen LogP) is 2.72. The number of rotatable bonds is 6. The summed E-state index contributed by atoms with van der Waals surface area (Å²) in [5, 5.41) is 2.47. The molecule has 1 aromatic carbocycles. The molecule has 0 fully saturated rings. The summed E-state index contributed by atoms with van der Waals surface area (Å²) in [5.74, 6) is -0.458. The topological polar surface area (TPSA) is 55.4 Å². The third-order valence-corrected chi connectivity index (χ3v) is 2.84. The number of alkyl carbamates (subject to hydrolysis) is 1. The second-order valence-electron chi connectivity index (χ2n) is 3.81. The fraction of sp³-hybridized carbons (Fsp3) is 0.385. The maximum Gasteiger partial charge on any atom is 0.407 e.